The zero-order chi connectivity index (χ0) is 32.1. The molecule has 1 saturated heterocycles. The monoisotopic (exact) mass is 641 g/mol. The molecule has 1 aromatic heterocycles. The number of carbonyl (C=O) groups excluding carboxylic acids is 2. The van der Waals surface area contributed by atoms with Crippen LogP contribution in [0.3, 0.4) is 0 Å². The molecule has 3 unspecified atom stereocenters. The molecule has 1 aliphatic rings. The van der Waals surface area contributed by atoms with Crippen LogP contribution in [0.2, 0.25) is 0 Å². The molecule has 4 aromatic rings. The smallest absolute Gasteiger partial charge is 0.224 e. The Labute approximate surface area is 273 Å². The van der Waals surface area contributed by atoms with Gasteiger partial charge in [0.15, 0.2) is 11.4 Å². The summed E-state index contributed by atoms with van der Waals surface area (Å²) in [4.78, 5) is 33.4. The molecule has 5 N–H and O–H groups in total. The number of para-hydroxylation sites is 2. The second-order valence-corrected chi connectivity index (χ2v) is 12.0. The van der Waals surface area contributed by atoms with E-state index in [1.165, 1.54) is 0 Å². The lowest BCUT2D eigenvalue weighted by atomic mass is 10.0. The van der Waals surface area contributed by atoms with Crippen molar-refractivity contribution in [2.75, 3.05) is 22.1 Å². The first kappa shape index (κ1) is 33.1. The Morgan fingerprint density at radius 2 is 1.50 bits per heavy atom. The molecule has 1 aliphatic heterocycles. The lowest BCUT2D eigenvalue weighted by Gasteiger charge is -2.36. The van der Waals surface area contributed by atoms with Crippen molar-refractivity contribution in [2.45, 2.75) is 68.8 Å². The van der Waals surface area contributed by atoms with Gasteiger partial charge in [0.05, 0.1) is 30.2 Å². The van der Waals surface area contributed by atoms with Crippen LogP contribution in [0.5, 0.6) is 0 Å². The second kappa shape index (κ2) is 16.9. The van der Waals surface area contributed by atoms with Crippen molar-refractivity contribution in [3.63, 3.8) is 0 Å². The van der Waals surface area contributed by atoms with Crippen LogP contribution in [0.15, 0.2) is 96.4 Å². The molecule has 3 aromatic carbocycles. The van der Waals surface area contributed by atoms with Crippen LogP contribution in [0.1, 0.15) is 67.6 Å². The van der Waals surface area contributed by atoms with E-state index in [9.17, 15) is 14.7 Å². The molecule has 0 spiro atoms. The van der Waals surface area contributed by atoms with E-state index in [4.69, 9.17) is 15.2 Å². The maximum atomic E-state index is 12.6. The molecule has 3 atom stereocenters. The average Bonchev–Trinajstić information content (AvgIpc) is 3.09. The third-order valence-corrected chi connectivity index (χ3v) is 8.57. The number of unbranched alkanes of at least 4 members (excludes halogenated alkanes) is 2. The van der Waals surface area contributed by atoms with Gasteiger partial charge in [-0.2, -0.15) is 0 Å². The van der Waals surface area contributed by atoms with Gasteiger partial charge in [-0.05, 0) is 54.3 Å². The Balaban J connectivity index is 1.10. The van der Waals surface area contributed by atoms with E-state index in [0.717, 1.165) is 23.1 Å². The Morgan fingerprint density at radius 3 is 2.20 bits per heavy atom. The Morgan fingerprint density at radius 1 is 0.826 bits per heavy atom. The minimum Gasteiger partial charge on any atom is -0.397 e. The highest BCUT2D eigenvalue weighted by Gasteiger charge is 2.32. The van der Waals surface area contributed by atoms with Gasteiger partial charge >= 0.3 is 0 Å². The molecule has 2 heterocycles. The number of nitrogens with two attached hydrogens (primary N) is 1. The summed E-state index contributed by atoms with van der Waals surface area (Å²) >= 11 is 1.54. The summed E-state index contributed by atoms with van der Waals surface area (Å²) in [6.45, 7) is -0.0130. The first-order valence-corrected chi connectivity index (χ1v) is 16.4. The Hall–Kier alpha value is -4.29. The molecule has 0 saturated carbocycles. The molecule has 0 bridgehead atoms. The third-order valence-electron chi connectivity index (χ3n) is 7.56. The van der Waals surface area contributed by atoms with E-state index < -0.39 is 6.29 Å². The highest BCUT2D eigenvalue weighted by molar-refractivity contribution is 7.99. The summed E-state index contributed by atoms with van der Waals surface area (Å²) in [5.41, 5.74) is 10.4. The maximum absolute atomic E-state index is 12.6. The standard InChI is InChI=1S/C35H39N5O5S/c36-29-7-4-5-8-30(29)40-33(43)10-3-1-2-9-32(42)39-27-17-15-26(16-18-27)34-44-28(23-46-35-37-19-6-20-38-35)21-31(45-34)25-13-11-24(22-41)12-14-25/h4-8,11-20,28,31,34,41H,1-3,9-10,21-23,36H2,(H,39,42)(H,40,43). The lowest BCUT2D eigenvalue weighted by molar-refractivity contribution is -0.245. The largest absolute Gasteiger partial charge is 0.397 e. The lowest BCUT2D eigenvalue weighted by Crippen LogP contribution is -2.31. The zero-order valence-electron chi connectivity index (χ0n) is 25.5. The van der Waals surface area contributed by atoms with Gasteiger partial charge in [-0.3, -0.25) is 9.59 Å². The van der Waals surface area contributed by atoms with E-state index in [0.29, 0.717) is 60.1 Å². The van der Waals surface area contributed by atoms with Crippen LogP contribution < -0.4 is 16.4 Å². The number of anilines is 3. The van der Waals surface area contributed by atoms with Gasteiger partial charge < -0.3 is 30.9 Å². The Kier molecular flexibility index (Phi) is 12.1. The van der Waals surface area contributed by atoms with Gasteiger partial charge in [0, 0.05) is 48.7 Å². The number of aromatic nitrogens is 2. The zero-order valence-corrected chi connectivity index (χ0v) is 26.3. The fourth-order valence-electron chi connectivity index (χ4n) is 5.07. The number of benzene rings is 3. The number of aliphatic hydroxyl groups is 1. The summed E-state index contributed by atoms with van der Waals surface area (Å²) in [6, 6.07) is 24.2. The van der Waals surface area contributed by atoms with Crippen LogP contribution in [-0.4, -0.2) is 38.7 Å². The van der Waals surface area contributed by atoms with Gasteiger partial charge in [-0.15, -0.1) is 0 Å². The number of carbonyl (C=O) groups is 2. The number of nitrogens with zero attached hydrogens (tertiary/aromatic N) is 2. The summed E-state index contributed by atoms with van der Waals surface area (Å²) in [6.07, 6.45) is 6.07. The van der Waals surface area contributed by atoms with E-state index in [1.54, 1.807) is 42.4 Å². The van der Waals surface area contributed by atoms with Crippen molar-refractivity contribution in [3.05, 3.63) is 108 Å². The van der Waals surface area contributed by atoms with Crippen molar-refractivity contribution < 1.29 is 24.2 Å². The van der Waals surface area contributed by atoms with Crippen molar-refractivity contribution in [1.82, 2.24) is 9.97 Å². The van der Waals surface area contributed by atoms with Gasteiger partial charge in [0.1, 0.15) is 0 Å². The van der Waals surface area contributed by atoms with Crippen LogP contribution in [-0.2, 0) is 25.7 Å². The predicted molar refractivity (Wildman–Crippen MR) is 179 cm³/mol. The topological polar surface area (TPSA) is 149 Å². The number of aliphatic hydroxyl groups excluding tert-OH is 1. The minimum absolute atomic E-state index is 0.0130. The van der Waals surface area contributed by atoms with Gasteiger partial charge in [0.2, 0.25) is 11.8 Å². The molecule has 0 aliphatic carbocycles. The van der Waals surface area contributed by atoms with Crippen molar-refractivity contribution in [3.8, 4) is 0 Å². The number of amides is 2. The van der Waals surface area contributed by atoms with Crippen LogP contribution in [0.4, 0.5) is 17.1 Å². The molecule has 2 amide bonds. The third kappa shape index (κ3) is 9.85. The van der Waals surface area contributed by atoms with Crippen molar-refractivity contribution >= 4 is 40.6 Å². The van der Waals surface area contributed by atoms with Crippen LogP contribution >= 0.6 is 11.8 Å². The molecular weight excluding hydrogens is 602 g/mol. The average molecular weight is 642 g/mol. The molecule has 1 fully saturated rings. The molecule has 5 rings (SSSR count). The maximum Gasteiger partial charge on any atom is 0.224 e. The van der Waals surface area contributed by atoms with E-state index in [2.05, 4.69) is 20.6 Å². The fourth-order valence-corrected chi connectivity index (χ4v) is 5.89. The first-order chi connectivity index (χ1) is 22.5. The predicted octanol–water partition coefficient (Wildman–Crippen LogP) is 6.42. The van der Waals surface area contributed by atoms with Crippen molar-refractivity contribution in [2.24, 2.45) is 0 Å². The highest BCUT2D eigenvalue weighted by atomic mass is 32.2. The number of hydrogen-bond donors (Lipinski definition) is 4. The summed E-state index contributed by atoms with van der Waals surface area (Å²) in [5, 5.41) is 15.9. The van der Waals surface area contributed by atoms with Gasteiger partial charge in [-0.25, -0.2) is 9.97 Å². The number of rotatable bonds is 14. The molecule has 11 heteroatoms. The SMILES string of the molecule is Nc1ccccc1NC(=O)CCCCCC(=O)Nc1ccc(C2OC(CSc3ncccn3)CC(c3ccc(CO)cc3)O2)cc1. The van der Waals surface area contributed by atoms with E-state index in [-0.39, 0.29) is 30.6 Å². The summed E-state index contributed by atoms with van der Waals surface area (Å²) in [7, 11) is 0. The molecule has 10 nitrogen and oxygen atoms in total. The van der Waals surface area contributed by atoms with Gasteiger partial charge in [-0.1, -0.05) is 66.7 Å². The Bertz CT molecular complexity index is 1560. The molecule has 240 valence electrons. The first-order valence-electron chi connectivity index (χ1n) is 15.4. The number of hydrogen-bond acceptors (Lipinski definition) is 9. The van der Waals surface area contributed by atoms with Crippen molar-refractivity contribution in [1.29, 1.82) is 0 Å². The fraction of sp³-hybridized carbons (Fsp3) is 0.314. The number of ether oxygens (including phenoxy) is 2. The number of nitrogens with one attached hydrogen (secondary N) is 2. The summed E-state index contributed by atoms with van der Waals surface area (Å²) in [5.74, 6) is 0.496. The normalized spacial score (nSPS) is 17.7. The molecular formula is C35H39N5O5S. The summed E-state index contributed by atoms with van der Waals surface area (Å²) < 4.78 is 12.8. The van der Waals surface area contributed by atoms with E-state index >= 15 is 0 Å². The van der Waals surface area contributed by atoms with E-state index in [1.807, 2.05) is 60.7 Å². The van der Waals surface area contributed by atoms with Gasteiger partial charge in [0.25, 0.3) is 0 Å². The number of thioether (sulfide) groups is 1. The second-order valence-electron chi connectivity index (χ2n) is 11.1. The number of nitrogen functional groups attached to an aromatic ring is 1. The highest BCUT2D eigenvalue weighted by Crippen LogP contribution is 2.39. The van der Waals surface area contributed by atoms with Crippen LogP contribution in [0, 0.1) is 0 Å². The van der Waals surface area contributed by atoms with Crippen LogP contribution in [0.25, 0.3) is 0 Å². The minimum atomic E-state index is -0.598. The molecule has 0 radical (unpaired) electrons. The molecule has 46 heavy (non-hydrogen) atoms. The quantitative estimate of drug-likeness (QED) is 0.0530.